The van der Waals surface area contributed by atoms with E-state index in [2.05, 4.69) is 24.9 Å². The lowest BCUT2D eigenvalue weighted by atomic mass is 10.0. The van der Waals surface area contributed by atoms with Crippen LogP contribution in [0.15, 0.2) is 0 Å². The van der Waals surface area contributed by atoms with Gasteiger partial charge in [-0.1, -0.05) is 90.4 Å². The first-order valence-electron chi connectivity index (χ1n) is 10.3. The van der Waals surface area contributed by atoms with Crippen LogP contribution in [0.3, 0.4) is 0 Å². The van der Waals surface area contributed by atoms with Crippen molar-refractivity contribution in [3.05, 3.63) is 0 Å². The highest BCUT2D eigenvalue weighted by Gasteiger charge is 2.14. The minimum Gasteiger partial charge on any atom is -0.480 e. The molecule has 0 aromatic heterocycles. The molecular formula is C20H41NO2S. The van der Waals surface area contributed by atoms with Gasteiger partial charge in [-0.2, -0.15) is 12.6 Å². The van der Waals surface area contributed by atoms with Crippen LogP contribution in [0.5, 0.6) is 0 Å². The molecule has 144 valence electrons. The Morgan fingerprint density at radius 2 is 1.25 bits per heavy atom. The Morgan fingerprint density at radius 3 is 1.62 bits per heavy atom. The smallest absolute Gasteiger partial charge is 0.320 e. The van der Waals surface area contributed by atoms with E-state index in [-0.39, 0.29) is 0 Å². The van der Waals surface area contributed by atoms with Crippen molar-refractivity contribution in [1.29, 1.82) is 0 Å². The van der Waals surface area contributed by atoms with Crippen molar-refractivity contribution >= 4 is 18.6 Å². The van der Waals surface area contributed by atoms with Crippen LogP contribution >= 0.6 is 12.6 Å². The fraction of sp³-hybridized carbons (Fsp3) is 0.950. The standard InChI is InChI=1S/C20H41NO2S/c1-2-3-4-5-6-7-8-9-10-11-12-13-14-15-17-21-19(16-18-24)20(22)23/h19,21,24H,2-18H2,1H3,(H,22,23). The van der Waals surface area contributed by atoms with E-state index in [0.29, 0.717) is 12.2 Å². The third-order valence-electron chi connectivity index (χ3n) is 4.64. The SMILES string of the molecule is CCCCCCCCCCCCCCCCNC(CCS)C(=O)O. The lowest BCUT2D eigenvalue weighted by Crippen LogP contribution is -2.37. The molecule has 0 fully saturated rings. The highest BCUT2D eigenvalue weighted by atomic mass is 32.1. The zero-order valence-electron chi connectivity index (χ0n) is 15.9. The van der Waals surface area contributed by atoms with Gasteiger partial charge in [-0.05, 0) is 25.1 Å². The lowest BCUT2D eigenvalue weighted by molar-refractivity contribution is -0.139. The topological polar surface area (TPSA) is 49.3 Å². The zero-order chi connectivity index (χ0) is 17.9. The molecule has 0 saturated carbocycles. The van der Waals surface area contributed by atoms with Gasteiger partial charge in [0.25, 0.3) is 0 Å². The maximum Gasteiger partial charge on any atom is 0.320 e. The van der Waals surface area contributed by atoms with E-state index >= 15 is 0 Å². The van der Waals surface area contributed by atoms with Crippen molar-refractivity contribution in [1.82, 2.24) is 5.32 Å². The summed E-state index contributed by atoms with van der Waals surface area (Å²) in [4.78, 5) is 11.0. The van der Waals surface area contributed by atoms with E-state index < -0.39 is 12.0 Å². The van der Waals surface area contributed by atoms with Gasteiger partial charge in [0, 0.05) is 0 Å². The average molecular weight is 360 g/mol. The van der Waals surface area contributed by atoms with Gasteiger partial charge in [-0.15, -0.1) is 0 Å². The van der Waals surface area contributed by atoms with Gasteiger partial charge in [0.1, 0.15) is 6.04 Å². The summed E-state index contributed by atoms with van der Waals surface area (Å²) in [6, 6.07) is -0.426. The van der Waals surface area contributed by atoms with Gasteiger partial charge in [-0.25, -0.2) is 0 Å². The predicted molar refractivity (Wildman–Crippen MR) is 108 cm³/mol. The molecule has 0 bridgehead atoms. The molecule has 0 saturated heterocycles. The summed E-state index contributed by atoms with van der Waals surface area (Å²) in [7, 11) is 0. The molecule has 0 radical (unpaired) electrons. The maximum atomic E-state index is 11.0. The maximum absolute atomic E-state index is 11.0. The van der Waals surface area contributed by atoms with E-state index in [1.165, 1.54) is 83.5 Å². The molecule has 2 N–H and O–H groups in total. The number of carboxylic acids is 1. The number of carboxylic acid groups (broad SMARTS) is 1. The highest BCUT2D eigenvalue weighted by Crippen LogP contribution is 2.12. The Balaban J connectivity index is 3.18. The number of rotatable bonds is 19. The number of hydrogen-bond donors (Lipinski definition) is 3. The molecule has 0 rings (SSSR count). The molecule has 0 amide bonds. The Bertz CT molecular complexity index is 274. The summed E-state index contributed by atoms with van der Waals surface area (Å²) in [6.45, 7) is 3.08. The summed E-state index contributed by atoms with van der Waals surface area (Å²) in [5.74, 6) is -0.141. The quantitative estimate of drug-likeness (QED) is 0.201. The van der Waals surface area contributed by atoms with Crippen LogP contribution in [0.25, 0.3) is 0 Å². The van der Waals surface area contributed by atoms with E-state index in [9.17, 15) is 4.79 Å². The largest absolute Gasteiger partial charge is 0.480 e. The van der Waals surface area contributed by atoms with Crippen LogP contribution in [0.4, 0.5) is 0 Å². The van der Waals surface area contributed by atoms with Crippen molar-refractivity contribution in [2.45, 2.75) is 109 Å². The normalized spacial score (nSPS) is 12.4. The Kier molecular flexibility index (Phi) is 18.9. The number of hydrogen-bond acceptors (Lipinski definition) is 3. The second kappa shape index (κ2) is 19.1. The van der Waals surface area contributed by atoms with Gasteiger partial charge in [0.15, 0.2) is 0 Å². The van der Waals surface area contributed by atoms with E-state index in [1.807, 2.05) is 0 Å². The van der Waals surface area contributed by atoms with Crippen molar-refractivity contribution in [2.24, 2.45) is 0 Å². The summed E-state index contributed by atoms with van der Waals surface area (Å²) >= 11 is 4.10. The van der Waals surface area contributed by atoms with Gasteiger partial charge < -0.3 is 10.4 Å². The van der Waals surface area contributed by atoms with Gasteiger partial charge in [-0.3, -0.25) is 4.79 Å². The summed E-state index contributed by atoms with van der Waals surface area (Å²) < 4.78 is 0. The summed E-state index contributed by atoms with van der Waals surface area (Å²) in [6.07, 6.45) is 19.5. The molecule has 0 aliphatic rings. The van der Waals surface area contributed by atoms with Crippen LogP contribution in [0.2, 0.25) is 0 Å². The molecule has 24 heavy (non-hydrogen) atoms. The Labute approximate surface area is 155 Å². The zero-order valence-corrected chi connectivity index (χ0v) is 16.8. The van der Waals surface area contributed by atoms with Crippen LogP contribution in [-0.4, -0.2) is 29.4 Å². The molecule has 0 aromatic carbocycles. The highest BCUT2D eigenvalue weighted by molar-refractivity contribution is 7.80. The molecule has 3 nitrogen and oxygen atoms in total. The monoisotopic (exact) mass is 359 g/mol. The molecular weight excluding hydrogens is 318 g/mol. The molecule has 1 unspecified atom stereocenters. The predicted octanol–water partition coefficient (Wildman–Crippen LogP) is 5.83. The minimum absolute atomic E-state index is 0.426. The summed E-state index contributed by atoms with van der Waals surface area (Å²) in [5, 5.41) is 12.1. The second-order valence-corrected chi connectivity index (χ2v) is 7.40. The molecule has 0 aromatic rings. The van der Waals surface area contributed by atoms with Gasteiger partial charge in [0.2, 0.25) is 0 Å². The van der Waals surface area contributed by atoms with E-state index in [4.69, 9.17) is 5.11 Å². The number of thiol groups is 1. The minimum atomic E-state index is -0.755. The number of carbonyl (C=O) groups is 1. The third-order valence-corrected chi connectivity index (χ3v) is 4.90. The molecule has 0 spiro atoms. The Hall–Kier alpha value is -0.220. The number of aliphatic carboxylic acids is 1. The molecule has 0 heterocycles. The number of nitrogens with one attached hydrogen (secondary N) is 1. The number of unbranched alkanes of at least 4 members (excludes halogenated alkanes) is 13. The second-order valence-electron chi connectivity index (χ2n) is 6.95. The van der Waals surface area contributed by atoms with Crippen LogP contribution in [-0.2, 0) is 4.79 Å². The van der Waals surface area contributed by atoms with Gasteiger partial charge >= 0.3 is 5.97 Å². The Morgan fingerprint density at radius 1 is 0.833 bits per heavy atom. The fourth-order valence-electron chi connectivity index (χ4n) is 3.04. The molecule has 1 atom stereocenters. The van der Waals surface area contributed by atoms with Crippen molar-refractivity contribution in [2.75, 3.05) is 12.3 Å². The average Bonchev–Trinajstić information content (AvgIpc) is 2.57. The van der Waals surface area contributed by atoms with Crippen LogP contribution in [0.1, 0.15) is 103 Å². The van der Waals surface area contributed by atoms with E-state index in [0.717, 1.165) is 13.0 Å². The first-order chi connectivity index (χ1) is 11.7. The molecule has 0 aliphatic carbocycles. The lowest BCUT2D eigenvalue weighted by Gasteiger charge is -2.12. The first-order valence-corrected chi connectivity index (χ1v) is 10.9. The fourth-order valence-corrected chi connectivity index (χ4v) is 3.30. The summed E-state index contributed by atoms with van der Waals surface area (Å²) in [5.41, 5.74) is 0. The van der Waals surface area contributed by atoms with Crippen molar-refractivity contribution in [3.63, 3.8) is 0 Å². The first kappa shape index (κ1) is 23.8. The molecule has 4 heteroatoms. The van der Waals surface area contributed by atoms with Crippen molar-refractivity contribution < 1.29 is 9.90 Å². The molecule has 0 aliphatic heterocycles. The van der Waals surface area contributed by atoms with Crippen LogP contribution in [0, 0.1) is 0 Å². The van der Waals surface area contributed by atoms with Crippen LogP contribution < -0.4 is 5.32 Å². The third kappa shape index (κ3) is 16.6. The van der Waals surface area contributed by atoms with Crippen molar-refractivity contribution in [3.8, 4) is 0 Å². The van der Waals surface area contributed by atoms with Gasteiger partial charge in [0.05, 0.1) is 0 Å². The van der Waals surface area contributed by atoms with E-state index in [1.54, 1.807) is 0 Å².